The molecule has 708 valence electrons. The lowest BCUT2D eigenvalue weighted by atomic mass is 9.79. The minimum atomic E-state index is -4.67. The molecule has 12 unspecified atom stereocenters. The summed E-state index contributed by atoms with van der Waals surface area (Å²) in [6, 6.07) is 20.1. The number of esters is 10. The zero-order valence-electron chi connectivity index (χ0n) is 76.2. The maximum Gasteiger partial charge on any atom is 0.343 e. The van der Waals surface area contributed by atoms with Crippen LogP contribution in [0, 0.1) is 47.3 Å². The van der Waals surface area contributed by atoms with E-state index in [1.54, 1.807) is 36.4 Å². The Kier molecular flexibility index (Phi) is 42.2. The van der Waals surface area contributed by atoms with Crippen molar-refractivity contribution in [3.63, 3.8) is 0 Å². The van der Waals surface area contributed by atoms with E-state index in [0.29, 0.717) is 111 Å². The summed E-state index contributed by atoms with van der Waals surface area (Å²) in [4.78, 5) is 128. The van der Waals surface area contributed by atoms with E-state index in [1.807, 2.05) is 12.1 Å². The number of benzene rings is 6. The van der Waals surface area contributed by atoms with Crippen molar-refractivity contribution < 1.29 is 147 Å². The highest BCUT2D eigenvalue weighted by molar-refractivity contribution is 7.86. The molecule has 0 spiro atoms. The van der Waals surface area contributed by atoms with Gasteiger partial charge in [0.25, 0.3) is 0 Å². The van der Waals surface area contributed by atoms with E-state index in [1.165, 1.54) is 18.2 Å². The van der Waals surface area contributed by atoms with Crippen molar-refractivity contribution in [1.82, 2.24) is 0 Å². The largest absolute Gasteiger partial charge is 0.748 e. The Morgan fingerprint density at radius 2 is 0.700 bits per heavy atom. The van der Waals surface area contributed by atoms with Crippen LogP contribution < -0.4 is 9.47 Å². The molecule has 1 heterocycles. The first-order valence-corrected chi connectivity index (χ1v) is 50.7. The minimum absolute atomic E-state index is 0.0314. The van der Waals surface area contributed by atoms with Gasteiger partial charge in [-0.25, -0.2) is 62.4 Å². The Hall–Kier alpha value is -9.37. The fourth-order valence-corrected chi connectivity index (χ4v) is 19.5. The molecule has 12 atom stereocenters. The van der Waals surface area contributed by atoms with Crippen LogP contribution in [0.3, 0.4) is 0 Å². The van der Waals surface area contributed by atoms with E-state index in [4.69, 9.17) is 165 Å². The van der Waals surface area contributed by atoms with E-state index in [2.05, 4.69) is 0 Å². The number of hydrogen-bond donors (Lipinski definition) is 0. The summed E-state index contributed by atoms with van der Waals surface area (Å²) < 4.78 is 183. The van der Waals surface area contributed by atoms with Gasteiger partial charge in [0.1, 0.15) is 74.2 Å². The first kappa shape index (κ1) is 114. The second-order valence-electron chi connectivity index (χ2n) is 33.7. The monoisotopic (exact) mass is 1960 g/mol. The summed E-state index contributed by atoms with van der Waals surface area (Å²) in [6.07, 6.45) is 3.45. The molecule has 6 fully saturated rings. The third kappa shape index (κ3) is 30.4. The summed E-state index contributed by atoms with van der Waals surface area (Å²) in [7, 11) is 68.9. The highest BCUT2D eigenvalue weighted by Gasteiger charge is 2.70. The van der Waals surface area contributed by atoms with Gasteiger partial charge in [0, 0.05) is 23.8 Å². The number of hydrogen-bond acceptors (Lipinski definition) is 32. The van der Waals surface area contributed by atoms with Gasteiger partial charge in [-0.1, -0.05) is 181 Å². The molecular formula is C89H87B15O32S4-4. The molecule has 5 aliphatic carbocycles. The summed E-state index contributed by atoms with van der Waals surface area (Å²) >= 11 is 0. The van der Waals surface area contributed by atoms with Gasteiger partial charge in [0.2, 0.25) is 0 Å². The van der Waals surface area contributed by atoms with Crippen molar-refractivity contribution in [1.29, 1.82) is 0 Å². The van der Waals surface area contributed by atoms with E-state index in [0.717, 1.165) is 40.8 Å². The number of fused-ring (bicyclic) bond motifs is 3. The van der Waals surface area contributed by atoms with Crippen molar-refractivity contribution in [2.45, 2.75) is 171 Å². The second-order valence-corrected chi connectivity index (χ2v) is 39.8. The van der Waals surface area contributed by atoms with Crippen molar-refractivity contribution in [3.8, 4) is 11.5 Å². The Balaban J connectivity index is 0.000000211. The molecule has 12 rings (SSSR count). The molecule has 0 N–H and O–H groups in total. The molecule has 4 bridgehead atoms. The molecule has 140 heavy (non-hydrogen) atoms. The van der Waals surface area contributed by atoms with E-state index in [9.17, 15) is 99.8 Å². The highest BCUT2D eigenvalue weighted by atomic mass is 32.2. The van der Waals surface area contributed by atoms with Crippen LogP contribution in [-0.2, 0) is 192 Å². The predicted molar refractivity (Wildman–Crippen MR) is 514 cm³/mol. The first-order chi connectivity index (χ1) is 66.3. The SMILES string of the molecule is [B]Cc1cc(C[B])c(C[B])c(C(=O)OC2C3CC4C(OC(=O)C42)C3C(=O)OCCS(=O)(=O)[O-])c1.[B]Cc1cc(C[B])c(C[B])c(C(=O)OC2CC3CC(C(=O)OCCS(=O)(=O)[O-])C2C3)c1.[B]Cc1cc(C[B])c(C[B])c(C(=O)OC2CCCC(C(=O)OCCS(=O)(=O)[O-])C2)c1.[B]Cc1cc(C[B])c(C[B])c(C(=O)Oc2cc(OC(=O)c3cc(C[B])cc(C[B])c3C[B])cc(C(=O)OCCS(=O)(=O)[O-])c2)c1. The smallest absolute Gasteiger partial charge is 0.343 e. The molecule has 5 saturated carbocycles. The topological polar surface area (TPSA) is 492 Å². The van der Waals surface area contributed by atoms with Crippen LogP contribution in [-0.4, -0.2) is 303 Å². The standard InChI is InChI=1S/C29H24B6O9S.C21H21B3O9S.C20H23B3O7S.C19H23B3O7S/c30-10-16-3-19(12-32)25(14-34)23(5-16)28(37)43-21-7-18(27(36)42-1-2-45(39,40)41)8-22(9-21)44-29(38)24-6-17(11-31)4-20(13-33)26(24)15-35;22-6-9-3-10(7-23)14(8-24)11(4-9)19(25)32-18-12-5-13-16(18)21(27)33-17(13)15(12)20(26)31-1-2-34(28,29)30;21-8-12-3-13(9-22)17(10-23)16(6-12)20(25)30-18-7-11-4-14(18)15(5-11)19(24)29-1-2-31(26,27)28;20-9-12-6-14(10-21)17(11-22)16(7-12)19(24)29-15-3-1-2-13(8-15)18(23)28-4-5-30(25,26)27/h3-9H,1-2,10-15H2,(H,39,40,41);3-4,12-13,15-18H,1-2,5-8H2,(H,28,29,30);3,6,11,14-15,18H,1-2,4-5,7-10H2,(H,26,27,28);6-7,13,15H,1-5,8-11H2,(H,25,26,27)/p-4. The van der Waals surface area contributed by atoms with Crippen molar-refractivity contribution in [2.24, 2.45) is 47.3 Å². The Bertz CT molecular complexity index is 5960. The van der Waals surface area contributed by atoms with E-state index in [-0.39, 0.29) is 153 Å². The van der Waals surface area contributed by atoms with Crippen LogP contribution >= 0.6 is 0 Å². The van der Waals surface area contributed by atoms with Gasteiger partial charge in [0.05, 0.1) is 226 Å². The molecule has 51 heteroatoms. The first-order valence-electron chi connectivity index (χ1n) is 44.4. The van der Waals surface area contributed by atoms with Gasteiger partial charge in [-0.05, 0) is 128 Å². The summed E-state index contributed by atoms with van der Waals surface area (Å²) in [6.45, 7) is -2.32. The lowest BCUT2D eigenvalue weighted by Gasteiger charge is -2.30. The summed E-state index contributed by atoms with van der Waals surface area (Å²) in [5, 5.41) is 0. The molecule has 0 amide bonds. The Morgan fingerprint density at radius 1 is 0.343 bits per heavy atom. The second kappa shape index (κ2) is 51.7. The molecule has 30 radical (unpaired) electrons. The fourth-order valence-electron chi connectivity index (χ4n) is 18.3. The number of carbonyl (C=O) groups is 10. The average Bonchev–Trinajstić information content (AvgIpc) is 1.54. The predicted octanol–water partition coefficient (Wildman–Crippen LogP) is 0.799. The lowest BCUT2D eigenvalue weighted by Crippen LogP contribution is -2.43. The molecule has 1 aliphatic heterocycles. The van der Waals surface area contributed by atoms with Crippen molar-refractivity contribution in [3.05, 3.63) is 196 Å². The maximum atomic E-state index is 13.4. The van der Waals surface area contributed by atoms with Crippen LogP contribution in [0.25, 0.3) is 0 Å². The molecule has 32 nitrogen and oxygen atoms in total. The highest BCUT2D eigenvalue weighted by Crippen LogP contribution is 2.59. The Morgan fingerprint density at radius 3 is 1.06 bits per heavy atom. The number of rotatable bonds is 41. The normalized spacial score (nSPS) is 20.3. The molecule has 1 saturated heterocycles. The third-order valence-electron chi connectivity index (χ3n) is 24.9. The maximum absolute atomic E-state index is 13.4. The Labute approximate surface area is 834 Å². The van der Waals surface area contributed by atoms with Crippen LogP contribution in [0.5, 0.6) is 11.5 Å². The molecular weight excluding hydrogens is 1870 g/mol. The minimum Gasteiger partial charge on any atom is -0.748 e. The van der Waals surface area contributed by atoms with Gasteiger partial charge in [0.15, 0.2) is 0 Å². The van der Waals surface area contributed by atoms with Gasteiger partial charge < -0.3 is 65.6 Å². The van der Waals surface area contributed by atoms with Crippen molar-refractivity contribution >= 4 is 218 Å². The summed E-state index contributed by atoms with van der Waals surface area (Å²) in [5.41, 5.74) is 9.86. The van der Waals surface area contributed by atoms with Gasteiger partial charge in [-0.2, -0.15) is 0 Å². The van der Waals surface area contributed by atoms with E-state index >= 15 is 0 Å². The lowest BCUT2D eigenvalue weighted by molar-refractivity contribution is -0.157. The average molecular weight is 1960 g/mol. The van der Waals surface area contributed by atoms with Crippen LogP contribution in [0.4, 0.5) is 0 Å². The zero-order chi connectivity index (χ0) is 103. The number of carbonyl (C=O) groups excluding carboxylic acids is 10. The third-order valence-corrected chi connectivity index (χ3v) is 27.5. The van der Waals surface area contributed by atoms with Crippen LogP contribution in [0.1, 0.15) is 197 Å². The number of ether oxygens (including phenoxy) is 10. The molecule has 6 aromatic carbocycles. The van der Waals surface area contributed by atoms with Gasteiger partial charge in [-0.15, -0.1) is 0 Å². The molecule has 6 aromatic rings. The quantitative estimate of drug-likeness (QED) is 0.0168. The molecule has 0 aromatic heterocycles. The molecule has 6 aliphatic rings. The zero-order valence-corrected chi connectivity index (χ0v) is 79.5. The van der Waals surface area contributed by atoms with Gasteiger partial charge >= 0.3 is 59.7 Å². The van der Waals surface area contributed by atoms with Gasteiger partial charge in [-0.3, -0.25) is 19.2 Å². The van der Waals surface area contributed by atoms with Crippen LogP contribution in [0.15, 0.2) is 78.9 Å². The fraction of sp³-hybridized carbons (Fsp3) is 0.483. The van der Waals surface area contributed by atoms with E-state index < -0.39 is 204 Å². The van der Waals surface area contributed by atoms with Crippen LogP contribution in [0.2, 0.25) is 0 Å². The summed E-state index contributed by atoms with van der Waals surface area (Å²) in [5.74, 6) is -14.6. The van der Waals surface area contributed by atoms with Crippen molar-refractivity contribution in [2.75, 3.05) is 49.4 Å².